The molecule has 0 radical (unpaired) electrons. The van der Waals surface area contributed by atoms with Crippen molar-refractivity contribution in [2.24, 2.45) is 11.7 Å². The monoisotopic (exact) mass is 322 g/mol. The fraction of sp³-hybridized carbons (Fsp3) is 0.471. The standard InChI is InChI=1S/C17H22N2O2.ClH/c1-12(18)14-6-4-8-19(10-14)17(20)15-9-13-5-2-3-7-16(13)21-11-15;/h2-3,5,7,9,12,14H,4,6,8,10-11,18H2,1H3;1H. The van der Waals surface area contributed by atoms with Crippen LogP contribution in [0.1, 0.15) is 25.3 Å². The molecule has 5 heteroatoms. The third-order valence-corrected chi connectivity index (χ3v) is 4.40. The van der Waals surface area contributed by atoms with E-state index >= 15 is 0 Å². The summed E-state index contributed by atoms with van der Waals surface area (Å²) in [7, 11) is 0. The summed E-state index contributed by atoms with van der Waals surface area (Å²) in [4.78, 5) is 14.6. The Morgan fingerprint density at radius 2 is 2.18 bits per heavy atom. The van der Waals surface area contributed by atoms with Gasteiger partial charge in [-0.15, -0.1) is 12.4 Å². The lowest BCUT2D eigenvalue weighted by atomic mass is 9.91. The van der Waals surface area contributed by atoms with Crippen molar-refractivity contribution in [3.63, 3.8) is 0 Å². The van der Waals surface area contributed by atoms with Crippen LogP contribution < -0.4 is 10.5 Å². The first-order valence-electron chi connectivity index (χ1n) is 7.62. The zero-order valence-electron chi connectivity index (χ0n) is 12.8. The molecule has 3 rings (SSSR count). The van der Waals surface area contributed by atoms with Crippen LogP contribution in [0.15, 0.2) is 29.8 Å². The van der Waals surface area contributed by atoms with Gasteiger partial charge in [-0.2, -0.15) is 0 Å². The van der Waals surface area contributed by atoms with Gasteiger partial charge in [-0.1, -0.05) is 18.2 Å². The first-order valence-corrected chi connectivity index (χ1v) is 7.62. The van der Waals surface area contributed by atoms with E-state index in [1.807, 2.05) is 42.2 Å². The van der Waals surface area contributed by atoms with Crippen molar-refractivity contribution in [3.05, 3.63) is 35.4 Å². The Bertz CT molecular complexity index is 572. The predicted octanol–water partition coefficient (Wildman–Crippen LogP) is 2.47. The van der Waals surface area contributed by atoms with E-state index in [4.69, 9.17) is 10.5 Å². The van der Waals surface area contributed by atoms with E-state index in [0.717, 1.165) is 42.8 Å². The molecule has 2 N–H and O–H groups in total. The Kier molecular flexibility index (Phi) is 5.48. The summed E-state index contributed by atoms with van der Waals surface area (Å²) < 4.78 is 5.68. The normalized spacial score (nSPS) is 21.8. The van der Waals surface area contributed by atoms with Crippen molar-refractivity contribution < 1.29 is 9.53 Å². The van der Waals surface area contributed by atoms with Gasteiger partial charge in [0.2, 0.25) is 0 Å². The number of likely N-dealkylation sites (tertiary alicyclic amines) is 1. The highest BCUT2D eigenvalue weighted by Gasteiger charge is 2.28. The highest BCUT2D eigenvalue weighted by Crippen LogP contribution is 2.27. The lowest BCUT2D eigenvalue weighted by Gasteiger charge is -2.35. The predicted molar refractivity (Wildman–Crippen MR) is 90.1 cm³/mol. The number of rotatable bonds is 2. The highest BCUT2D eigenvalue weighted by atomic mass is 35.5. The number of benzene rings is 1. The van der Waals surface area contributed by atoms with Gasteiger partial charge in [0.1, 0.15) is 12.4 Å². The van der Waals surface area contributed by atoms with Crippen molar-refractivity contribution >= 4 is 24.4 Å². The minimum atomic E-state index is 0. The van der Waals surface area contributed by atoms with Crippen LogP contribution in [0, 0.1) is 5.92 Å². The minimum absolute atomic E-state index is 0. The van der Waals surface area contributed by atoms with Gasteiger partial charge in [-0.05, 0) is 37.8 Å². The molecular weight excluding hydrogens is 300 g/mol. The average Bonchev–Trinajstić information content (AvgIpc) is 2.53. The molecule has 0 spiro atoms. The van der Waals surface area contributed by atoms with E-state index in [1.54, 1.807) is 0 Å². The molecule has 0 bridgehead atoms. The van der Waals surface area contributed by atoms with Crippen LogP contribution in [0.25, 0.3) is 6.08 Å². The van der Waals surface area contributed by atoms with E-state index in [0.29, 0.717) is 12.5 Å². The number of hydrogen-bond acceptors (Lipinski definition) is 3. The van der Waals surface area contributed by atoms with Gasteiger partial charge in [0.25, 0.3) is 5.91 Å². The molecule has 4 nitrogen and oxygen atoms in total. The van der Waals surface area contributed by atoms with Gasteiger partial charge in [-0.3, -0.25) is 4.79 Å². The molecule has 2 aliphatic heterocycles. The fourth-order valence-corrected chi connectivity index (χ4v) is 3.07. The molecule has 1 fully saturated rings. The summed E-state index contributed by atoms with van der Waals surface area (Å²) in [6.45, 7) is 3.96. The maximum absolute atomic E-state index is 12.7. The minimum Gasteiger partial charge on any atom is -0.488 e. The smallest absolute Gasteiger partial charge is 0.253 e. The van der Waals surface area contributed by atoms with Crippen LogP contribution >= 0.6 is 12.4 Å². The quantitative estimate of drug-likeness (QED) is 0.910. The third kappa shape index (κ3) is 3.45. The molecule has 0 aromatic heterocycles. The number of carbonyl (C=O) groups is 1. The molecule has 1 aromatic carbocycles. The van der Waals surface area contributed by atoms with Crippen molar-refractivity contribution in [1.29, 1.82) is 0 Å². The van der Waals surface area contributed by atoms with Crippen LogP contribution in [-0.4, -0.2) is 36.5 Å². The van der Waals surface area contributed by atoms with E-state index in [9.17, 15) is 4.79 Å². The molecule has 1 amide bonds. The number of carbonyl (C=O) groups excluding carboxylic acids is 1. The van der Waals surface area contributed by atoms with Crippen LogP contribution in [0.4, 0.5) is 0 Å². The number of halogens is 1. The topological polar surface area (TPSA) is 55.6 Å². The number of nitrogens with two attached hydrogens (primary N) is 1. The SMILES string of the molecule is CC(N)C1CCCN(C(=O)C2=Cc3ccccc3OC2)C1.Cl. The second kappa shape index (κ2) is 7.16. The number of para-hydroxylation sites is 1. The van der Waals surface area contributed by atoms with E-state index in [-0.39, 0.29) is 24.4 Å². The summed E-state index contributed by atoms with van der Waals surface area (Å²) in [6.07, 6.45) is 4.10. The number of amides is 1. The summed E-state index contributed by atoms with van der Waals surface area (Å²) >= 11 is 0. The van der Waals surface area contributed by atoms with E-state index < -0.39 is 0 Å². The molecule has 2 aliphatic rings. The Labute approximate surface area is 137 Å². The number of ether oxygens (including phenoxy) is 1. The molecular formula is C17H23ClN2O2. The Hall–Kier alpha value is -1.52. The molecule has 22 heavy (non-hydrogen) atoms. The molecule has 0 aliphatic carbocycles. The number of piperidine rings is 1. The van der Waals surface area contributed by atoms with Crippen LogP contribution in [0.5, 0.6) is 5.75 Å². The molecule has 2 heterocycles. The summed E-state index contributed by atoms with van der Waals surface area (Å²) in [5.41, 5.74) is 7.71. The lowest BCUT2D eigenvalue weighted by Crippen LogP contribution is -2.46. The second-order valence-electron chi connectivity index (χ2n) is 6.01. The average molecular weight is 323 g/mol. The largest absolute Gasteiger partial charge is 0.488 e. The Morgan fingerprint density at radius 3 is 2.95 bits per heavy atom. The summed E-state index contributed by atoms with van der Waals surface area (Å²) in [6, 6.07) is 7.94. The molecule has 1 saturated heterocycles. The molecule has 2 unspecified atom stereocenters. The lowest BCUT2D eigenvalue weighted by molar-refractivity contribution is -0.129. The third-order valence-electron chi connectivity index (χ3n) is 4.40. The summed E-state index contributed by atoms with van der Waals surface area (Å²) in [5, 5.41) is 0. The van der Waals surface area contributed by atoms with Crippen LogP contribution in [0.3, 0.4) is 0 Å². The van der Waals surface area contributed by atoms with Crippen molar-refractivity contribution in [3.8, 4) is 5.75 Å². The Morgan fingerprint density at radius 1 is 1.41 bits per heavy atom. The summed E-state index contributed by atoms with van der Waals surface area (Å²) in [5.74, 6) is 1.34. The van der Waals surface area contributed by atoms with Gasteiger partial charge < -0.3 is 15.4 Å². The Balaban J connectivity index is 0.00000176. The fourth-order valence-electron chi connectivity index (χ4n) is 3.07. The van der Waals surface area contributed by atoms with E-state index in [1.165, 1.54) is 0 Å². The van der Waals surface area contributed by atoms with Crippen molar-refractivity contribution in [2.75, 3.05) is 19.7 Å². The number of fused-ring (bicyclic) bond motifs is 1. The van der Waals surface area contributed by atoms with E-state index in [2.05, 4.69) is 0 Å². The van der Waals surface area contributed by atoms with Gasteiger partial charge >= 0.3 is 0 Å². The molecule has 2 atom stereocenters. The number of nitrogens with zero attached hydrogens (tertiary/aromatic N) is 1. The maximum Gasteiger partial charge on any atom is 0.253 e. The number of hydrogen-bond donors (Lipinski definition) is 1. The van der Waals surface area contributed by atoms with Crippen LogP contribution in [-0.2, 0) is 4.79 Å². The molecule has 1 aromatic rings. The van der Waals surface area contributed by atoms with Gasteiger partial charge in [-0.25, -0.2) is 0 Å². The van der Waals surface area contributed by atoms with Gasteiger partial charge in [0.05, 0.1) is 5.57 Å². The molecule has 120 valence electrons. The zero-order chi connectivity index (χ0) is 14.8. The van der Waals surface area contributed by atoms with Gasteiger partial charge in [0.15, 0.2) is 0 Å². The maximum atomic E-state index is 12.7. The first kappa shape index (κ1) is 16.8. The van der Waals surface area contributed by atoms with Crippen LogP contribution in [0.2, 0.25) is 0 Å². The zero-order valence-corrected chi connectivity index (χ0v) is 13.6. The second-order valence-corrected chi connectivity index (χ2v) is 6.01. The van der Waals surface area contributed by atoms with Crippen molar-refractivity contribution in [2.45, 2.75) is 25.8 Å². The molecule has 0 saturated carbocycles. The van der Waals surface area contributed by atoms with Gasteiger partial charge in [0, 0.05) is 24.7 Å². The highest BCUT2D eigenvalue weighted by molar-refractivity contribution is 5.99. The first-order chi connectivity index (χ1) is 10.1. The van der Waals surface area contributed by atoms with Crippen molar-refractivity contribution in [1.82, 2.24) is 4.90 Å².